The normalized spacial score (nSPS) is 15.2. The number of amides is 1. The second kappa shape index (κ2) is 4.56. The predicted octanol–water partition coefficient (Wildman–Crippen LogP) is 0.772. The van der Waals surface area contributed by atoms with Gasteiger partial charge in [0.2, 0.25) is 0 Å². The Bertz CT molecular complexity index is 263. The van der Waals surface area contributed by atoms with E-state index in [1.165, 1.54) is 4.90 Å². The summed E-state index contributed by atoms with van der Waals surface area (Å²) in [6.45, 7) is 1.05. The van der Waals surface area contributed by atoms with Crippen LogP contribution in [0.1, 0.15) is 12.8 Å². The fourth-order valence-electron chi connectivity index (χ4n) is 1.18. The zero-order chi connectivity index (χ0) is 9.68. The minimum absolute atomic E-state index is 0.0300. The quantitative estimate of drug-likeness (QED) is 0.586. The molecule has 0 saturated carbocycles. The lowest BCUT2D eigenvalue weighted by atomic mass is 10.1. The molecule has 1 heterocycles. The Morgan fingerprint density at radius 2 is 2.62 bits per heavy atom. The van der Waals surface area contributed by atoms with E-state index in [9.17, 15) is 4.79 Å². The predicted molar refractivity (Wildman–Crippen MR) is 49.7 cm³/mol. The first-order valence-corrected chi connectivity index (χ1v) is 4.25. The van der Waals surface area contributed by atoms with Crippen molar-refractivity contribution < 1.29 is 9.53 Å². The third kappa shape index (κ3) is 2.51. The smallest absolute Gasteiger partial charge is 0.253 e. The maximum atomic E-state index is 11.6. The summed E-state index contributed by atoms with van der Waals surface area (Å²) in [6, 6.07) is 0. The van der Waals surface area contributed by atoms with Crippen LogP contribution >= 0.6 is 0 Å². The lowest BCUT2D eigenvalue weighted by Gasteiger charge is -2.18. The third-order valence-corrected chi connectivity index (χ3v) is 1.88. The van der Waals surface area contributed by atoms with E-state index in [1.54, 1.807) is 13.3 Å². The summed E-state index contributed by atoms with van der Waals surface area (Å²) in [5.74, 6) is 2.39. The fraction of sp³-hybridized carbons (Fsp3) is 0.500. The van der Waals surface area contributed by atoms with E-state index in [2.05, 4.69) is 5.92 Å². The Labute approximate surface area is 78.4 Å². The van der Waals surface area contributed by atoms with Crippen LogP contribution in [0.3, 0.4) is 0 Å². The molecule has 0 N–H and O–H groups in total. The van der Waals surface area contributed by atoms with E-state index in [-0.39, 0.29) is 5.91 Å². The average molecular weight is 179 g/mol. The van der Waals surface area contributed by atoms with E-state index in [1.807, 2.05) is 0 Å². The molecule has 1 aliphatic rings. The van der Waals surface area contributed by atoms with Crippen molar-refractivity contribution >= 4 is 5.91 Å². The van der Waals surface area contributed by atoms with E-state index in [0.717, 1.165) is 12.8 Å². The van der Waals surface area contributed by atoms with Crippen molar-refractivity contribution in [3.63, 3.8) is 0 Å². The van der Waals surface area contributed by atoms with Crippen molar-refractivity contribution in [1.82, 2.24) is 4.90 Å². The number of hydrogen-bond acceptors (Lipinski definition) is 2. The van der Waals surface area contributed by atoms with Gasteiger partial charge in [0, 0.05) is 7.05 Å². The molecule has 0 aliphatic carbocycles. The summed E-state index contributed by atoms with van der Waals surface area (Å²) in [6.07, 6.45) is 8.33. The molecule has 0 radical (unpaired) electrons. The fourth-order valence-corrected chi connectivity index (χ4v) is 1.18. The standard InChI is InChI=1S/C10H13NO2/c1-3-6-11(2)10(12)9-5-4-7-13-8-9/h1,8H,4-7H2,2H3. The highest BCUT2D eigenvalue weighted by molar-refractivity contribution is 5.93. The maximum absolute atomic E-state index is 11.6. The van der Waals surface area contributed by atoms with Gasteiger partial charge in [-0.05, 0) is 12.8 Å². The first-order chi connectivity index (χ1) is 6.25. The molecule has 13 heavy (non-hydrogen) atoms. The second-order valence-electron chi connectivity index (χ2n) is 2.98. The number of ether oxygens (including phenoxy) is 1. The lowest BCUT2D eigenvalue weighted by molar-refractivity contribution is -0.125. The Morgan fingerprint density at radius 1 is 1.85 bits per heavy atom. The van der Waals surface area contributed by atoms with Crippen LogP contribution in [0.4, 0.5) is 0 Å². The Kier molecular flexibility index (Phi) is 3.39. The molecule has 0 aromatic heterocycles. The van der Waals surface area contributed by atoms with Crippen molar-refractivity contribution in [3.05, 3.63) is 11.8 Å². The van der Waals surface area contributed by atoms with Gasteiger partial charge in [-0.1, -0.05) is 5.92 Å². The van der Waals surface area contributed by atoms with E-state index in [4.69, 9.17) is 11.2 Å². The van der Waals surface area contributed by atoms with Gasteiger partial charge in [0.05, 0.1) is 25.0 Å². The topological polar surface area (TPSA) is 29.5 Å². The number of terminal acetylenes is 1. The van der Waals surface area contributed by atoms with Gasteiger partial charge in [-0.3, -0.25) is 4.79 Å². The van der Waals surface area contributed by atoms with Crippen LogP contribution in [0.2, 0.25) is 0 Å². The first-order valence-electron chi connectivity index (χ1n) is 4.25. The minimum atomic E-state index is -0.0300. The summed E-state index contributed by atoms with van der Waals surface area (Å²) < 4.78 is 5.07. The molecule has 0 aromatic rings. The summed E-state index contributed by atoms with van der Waals surface area (Å²) in [5.41, 5.74) is 0.712. The van der Waals surface area contributed by atoms with Crippen molar-refractivity contribution in [3.8, 4) is 12.3 Å². The molecule has 1 amide bonds. The van der Waals surface area contributed by atoms with Gasteiger partial charge in [-0.25, -0.2) is 0 Å². The molecule has 1 aliphatic heterocycles. The van der Waals surface area contributed by atoms with Crippen molar-refractivity contribution in [2.45, 2.75) is 12.8 Å². The number of carbonyl (C=O) groups excluding carboxylic acids is 1. The molecule has 0 bridgehead atoms. The molecule has 0 spiro atoms. The summed E-state index contributed by atoms with van der Waals surface area (Å²) in [7, 11) is 1.69. The van der Waals surface area contributed by atoms with Crippen LogP contribution in [0.15, 0.2) is 11.8 Å². The van der Waals surface area contributed by atoms with E-state index < -0.39 is 0 Å². The first kappa shape index (κ1) is 9.66. The number of hydrogen-bond donors (Lipinski definition) is 0. The zero-order valence-electron chi connectivity index (χ0n) is 7.75. The van der Waals surface area contributed by atoms with E-state index in [0.29, 0.717) is 18.7 Å². The molecular weight excluding hydrogens is 166 g/mol. The highest BCUT2D eigenvalue weighted by atomic mass is 16.5. The van der Waals surface area contributed by atoms with Crippen LogP contribution in [-0.2, 0) is 9.53 Å². The molecule has 3 heteroatoms. The number of carbonyl (C=O) groups is 1. The molecule has 0 saturated heterocycles. The number of likely N-dealkylation sites (N-methyl/N-ethyl adjacent to an activating group) is 1. The molecule has 1 rings (SSSR count). The second-order valence-corrected chi connectivity index (χ2v) is 2.98. The molecule has 0 unspecified atom stereocenters. The Balaban J connectivity index is 2.56. The third-order valence-electron chi connectivity index (χ3n) is 1.88. The van der Waals surface area contributed by atoms with Gasteiger partial charge in [-0.2, -0.15) is 0 Å². The average Bonchev–Trinajstić information content (AvgIpc) is 2.18. The highest BCUT2D eigenvalue weighted by Crippen LogP contribution is 2.13. The van der Waals surface area contributed by atoms with Gasteiger partial charge in [0.15, 0.2) is 0 Å². The largest absolute Gasteiger partial charge is 0.501 e. The maximum Gasteiger partial charge on any atom is 0.253 e. The van der Waals surface area contributed by atoms with Gasteiger partial charge >= 0.3 is 0 Å². The van der Waals surface area contributed by atoms with Gasteiger partial charge in [0.1, 0.15) is 0 Å². The Hall–Kier alpha value is -1.43. The number of nitrogens with zero attached hydrogens (tertiary/aromatic N) is 1. The molecule has 0 fully saturated rings. The Morgan fingerprint density at radius 3 is 3.15 bits per heavy atom. The van der Waals surface area contributed by atoms with Crippen LogP contribution in [0, 0.1) is 12.3 Å². The van der Waals surface area contributed by atoms with Crippen LogP contribution in [0.25, 0.3) is 0 Å². The monoisotopic (exact) mass is 179 g/mol. The van der Waals surface area contributed by atoms with E-state index >= 15 is 0 Å². The number of rotatable bonds is 2. The zero-order valence-corrected chi connectivity index (χ0v) is 7.75. The summed E-state index contributed by atoms with van der Waals surface area (Å²) in [5, 5.41) is 0. The molecule has 3 nitrogen and oxygen atoms in total. The van der Waals surface area contributed by atoms with Crippen LogP contribution < -0.4 is 0 Å². The molecule has 0 atom stereocenters. The molecular formula is C10H13NO2. The van der Waals surface area contributed by atoms with Crippen molar-refractivity contribution in [1.29, 1.82) is 0 Å². The lowest BCUT2D eigenvalue weighted by Crippen LogP contribution is -2.29. The highest BCUT2D eigenvalue weighted by Gasteiger charge is 2.16. The minimum Gasteiger partial charge on any atom is -0.501 e. The summed E-state index contributed by atoms with van der Waals surface area (Å²) >= 11 is 0. The van der Waals surface area contributed by atoms with Crippen LogP contribution in [0.5, 0.6) is 0 Å². The van der Waals surface area contributed by atoms with Gasteiger partial charge in [-0.15, -0.1) is 6.42 Å². The van der Waals surface area contributed by atoms with Gasteiger partial charge in [0.25, 0.3) is 5.91 Å². The molecule has 70 valence electrons. The SMILES string of the molecule is C#CCN(C)C(=O)C1=COCCC1. The van der Waals surface area contributed by atoms with Crippen molar-refractivity contribution in [2.24, 2.45) is 0 Å². The molecule has 0 aromatic carbocycles. The van der Waals surface area contributed by atoms with Crippen molar-refractivity contribution in [2.75, 3.05) is 20.2 Å². The van der Waals surface area contributed by atoms with Crippen LogP contribution in [-0.4, -0.2) is 31.0 Å². The van der Waals surface area contributed by atoms with Gasteiger partial charge < -0.3 is 9.64 Å². The summed E-state index contributed by atoms with van der Waals surface area (Å²) in [4.78, 5) is 13.1.